The molecule has 0 radical (unpaired) electrons. The minimum absolute atomic E-state index is 0.0381. The molecule has 4 rings (SSSR count). The number of nitrogens with one attached hydrogen (secondary N) is 2. The molecule has 1 aliphatic heterocycles. The topological polar surface area (TPSA) is 50.8 Å². The zero-order valence-electron chi connectivity index (χ0n) is 17.9. The number of quaternary nitrogens is 1. The third-order valence-electron chi connectivity index (χ3n) is 5.78. The Bertz CT molecular complexity index is 1210. The SMILES string of the molecule is O=C(Nc1cc(C(F)(F)F)cc(C(F)(F)F)c1)c1nc(C[NH+]2CCC(F)(F)CC2)c2ccccn12. The highest BCUT2D eigenvalue weighted by atomic mass is 19.4. The Hall–Kier alpha value is -3.22. The van der Waals surface area contributed by atoms with Gasteiger partial charge >= 0.3 is 12.4 Å². The molecule has 1 saturated heterocycles. The summed E-state index contributed by atoms with van der Waals surface area (Å²) in [5.41, 5.74) is -2.96. The fraction of sp³-hybridized carbons (Fsp3) is 0.364. The van der Waals surface area contributed by atoms with Crippen LogP contribution >= 0.6 is 0 Å². The number of imidazole rings is 1. The van der Waals surface area contributed by atoms with Crippen LogP contribution in [0.1, 0.15) is 40.3 Å². The minimum atomic E-state index is -5.07. The zero-order chi connectivity index (χ0) is 25.6. The molecule has 0 aliphatic carbocycles. The van der Waals surface area contributed by atoms with Gasteiger partial charge in [-0.2, -0.15) is 26.3 Å². The molecule has 3 heterocycles. The van der Waals surface area contributed by atoms with Crippen molar-refractivity contribution in [3.05, 3.63) is 65.2 Å². The molecule has 3 aromatic rings. The summed E-state index contributed by atoms with van der Waals surface area (Å²) < 4.78 is 107. The van der Waals surface area contributed by atoms with Gasteiger partial charge in [-0.1, -0.05) is 6.07 Å². The predicted octanol–water partition coefficient (Wildman–Crippen LogP) is 4.44. The van der Waals surface area contributed by atoms with Gasteiger partial charge in [0.05, 0.1) is 42.6 Å². The van der Waals surface area contributed by atoms with Crippen molar-refractivity contribution in [2.45, 2.75) is 37.7 Å². The second-order valence-corrected chi connectivity index (χ2v) is 8.37. The van der Waals surface area contributed by atoms with Crippen molar-refractivity contribution in [2.75, 3.05) is 18.4 Å². The van der Waals surface area contributed by atoms with Gasteiger partial charge in [0.25, 0.3) is 11.8 Å². The molecule has 35 heavy (non-hydrogen) atoms. The maximum Gasteiger partial charge on any atom is 0.416 e. The van der Waals surface area contributed by atoms with Crippen molar-refractivity contribution in [3.8, 4) is 0 Å². The van der Waals surface area contributed by atoms with Crippen LogP contribution in [0, 0.1) is 0 Å². The van der Waals surface area contributed by atoms with Gasteiger partial charge in [0, 0.05) is 11.9 Å². The first-order chi connectivity index (χ1) is 16.2. The van der Waals surface area contributed by atoms with Crippen molar-refractivity contribution in [3.63, 3.8) is 0 Å². The fourth-order valence-corrected chi connectivity index (χ4v) is 3.99. The van der Waals surface area contributed by atoms with Crippen molar-refractivity contribution in [2.24, 2.45) is 0 Å². The van der Waals surface area contributed by atoms with Crippen molar-refractivity contribution < 1.29 is 44.8 Å². The molecule has 0 spiro atoms. The number of halogens is 8. The van der Waals surface area contributed by atoms with E-state index in [4.69, 9.17) is 0 Å². The number of fused-ring (bicyclic) bond motifs is 1. The lowest BCUT2D eigenvalue weighted by Crippen LogP contribution is -3.12. The van der Waals surface area contributed by atoms with E-state index in [1.807, 2.05) is 0 Å². The second-order valence-electron chi connectivity index (χ2n) is 8.37. The molecule has 188 valence electrons. The number of benzene rings is 1. The molecule has 13 heteroatoms. The van der Waals surface area contributed by atoms with Crippen LogP contribution in [-0.2, 0) is 18.9 Å². The van der Waals surface area contributed by atoms with E-state index in [1.54, 1.807) is 18.2 Å². The molecule has 0 atom stereocenters. The van der Waals surface area contributed by atoms with Crippen LogP contribution in [-0.4, -0.2) is 34.3 Å². The number of piperidine rings is 1. The van der Waals surface area contributed by atoms with Gasteiger partial charge in [-0.15, -0.1) is 0 Å². The molecule has 2 N–H and O–H groups in total. The van der Waals surface area contributed by atoms with Crippen LogP contribution in [0.2, 0.25) is 0 Å². The number of rotatable bonds is 4. The summed E-state index contributed by atoms with van der Waals surface area (Å²) in [6.45, 7) is 0.592. The Morgan fingerprint density at radius 2 is 1.60 bits per heavy atom. The number of pyridine rings is 1. The van der Waals surface area contributed by atoms with Crippen LogP contribution in [0.5, 0.6) is 0 Å². The van der Waals surface area contributed by atoms with E-state index in [9.17, 15) is 39.9 Å². The van der Waals surface area contributed by atoms with Gasteiger partial charge in [0.15, 0.2) is 0 Å². The smallest absolute Gasteiger partial charge is 0.329 e. The molecule has 0 bridgehead atoms. The van der Waals surface area contributed by atoms with Crippen LogP contribution in [0.4, 0.5) is 40.8 Å². The Morgan fingerprint density at radius 1 is 1.00 bits per heavy atom. The standard InChI is InChI=1S/C22H18F8N4O/c23-20(24)4-7-33(8-5-20)12-16-17-3-1-2-6-34(17)18(32-16)19(35)31-15-10-13(21(25,26)27)9-14(11-15)22(28,29)30/h1-3,6,9-11H,4-5,7-8,12H2,(H,31,35)/p+1. The lowest BCUT2D eigenvalue weighted by molar-refractivity contribution is -0.921. The van der Waals surface area contributed by atoms with Crippen LogP contribution in [0.25, 0.3) is 5.52 Å². The van der Waals surface area contributed by atoms with Gasteiger partial charge in [-0.3, -0.25) is 9.20 Å². The normalized spacial score (nSPS) is 17.0. The first kappa shape index (κ1) is 24.9. The number of alkyl halides is 8. The Labute approximate surface area is 193 Å². The molecule has 5 nitrogen and oxygen atoms in total. The molecular formula is C22H19F8N4O+. The monoisotopic (exact) mass is 507 g/mol. The quantitative estimate of drug-likeness (QED) is 0.514. The third-order valence-corrected chi connectivity index (χ3v) is 5.78. The van der Waals surface area contributed by atoms with E-state index in [1.165, 1.54) is 10.6 Å². The van der Waals surface area contributed by atoms with E-state index in [0.717, 1.165) is 4.90 Å². The van der Waals surface area contributed by atoms with Crippen LogP contribution in [0.3, 0.4) is 0 Å². The number of amides is 1. The third kappa shape index (κ3) is 5.55. The summed E-state index contributed by atoms with van der Waals surface area (Å²) >= 11 is 0. The number of likely N-dealkylation sites (tertiary alicyclic amines) is 1. The number of aromatic nitrogens is 2. The van der Waals surface area contributed by atoms with E-state index >= 15 is 0 Å². The van der Waals surface area contributed by atoms with Gasteiger partial charge in [-0.05, 0) is 30.3 Å². The maximum absolute atomic E-state index is 13.5. The molecular weight excluding hydrogens is 488 g/mol. The largest absolute Gasteiger partial charge is 0.416 e. The Morgan fingerprint density at radius 3 is 2.17 bits per heavy atom. The summed E-state index contributed by atoms with van der Waals surface area (Å²) in [5.74, 6) is -4.02. The molecule has 1 fully saturated rings. The van der Waals surface area contributed by atoms with Gasteiger partial charge < -0.3 is 10.2 Å². The summed E-state index contributed by atoms with van der Waals surface area (Å²) in [6, 6.07) is 5.62. The maximum atomic E-state index is 13.5. The van der Waals surface area contributed by atoms with E-state index < -0.39 is 41.0 Å². The summed E-state index contributed by atoms with van der Waals surface area (Å²) in [4.78, 5) is 18.0. The number of carbonyl (C=O) groups excluding carboxylic acids is 1. The average molecular weight is 507 g/mol. The number of nitrogens with zero attached hydrogens (tertiary/aromatic N) is 2. The average Bonchev–Trinajstić information content (AvgIpc) is 3.12. The minimum Gasteiger partial charge on any atom is -0.329 e. The van der Waals surface area contributed by atoms with Crippen LogP contribution < -0.4 is 10.2 Å². The molecule has 2 aromatic heterocycles. The Kier molecular flexibility index (Phi) is 6.24. The lowest BCUT2D eigenvalue weighted by Gasteiger charge is -2.28. The van der Waals surface area contributed by atoms with Gasteiger partial charge in [0.1, 0.15) is 12.2 Å². The molecule has 1 aliphatic rings. The molecule has 1 aromatic carbocycles. The number of hydrogen-bond donors (Lipinski definition) is 2. The van der Waals surface area contributed by atoms with E-state index in [0.29, 0.717) is 23.3 Å². The molecule has 0 unspecified atom stereocenters. The zero-order valence-corrected chi connectivity index (χ0v) is 17.9. The number of carbonyl (C=O) groups is 1. The Balaban J connectivity index is 1.64. The van der Waals surface area contributed by atoms with Gasteiger partial charge in [-0.25, -0.2) is 13.8 Å². The second kappa shape index (κ2) is 8.77. The predicted molar refractivity (Wildman–Crippen MR) is 108 cm³/mol. The highest BCUT2D eigenvalue weighted by Gasteiger charge is 2.38. The van der Waals surface area contributed by atoms with E-state index in [2.05, 4.69) is 10.3 Å². The van der Waals surface area contributed by atoms with Crippen molar-refractivity contribution in [1.29, 1.82) is 0 Å². The number of hydrogen-bond acceptors (Lipinski definition) is 2. The highest BCUT2D eigenvalue weighted by molar-refractivity contribution is 6.02. The summed E-state index contributed by atoms with van der Waals surface area (Å²) in [6.07, 6.45) is -9.26. The van der Waals surface area contributed by atoms with Crippen molar-refractivity contribution in [1.82, 2.24) is 9.38 Å². The van der Waals surface area contributed by atoms with E-state index in [-0.39, 0.29) is 44.4 Å². The first-order valence-corrected chi connectivity index (χ1v) is 10.5. The molecule has 1 amide bonds. The van der Waals surface area contributed by atoms with Crippen molar-refractivity contribution >= 4 is 17.1 Å². The highest BCUT2D eigenvalue weighted by Crippen LogP contribution is 2.37. The fourth-order valence-electron chi connectivity index (χ4n) is 3.99. The van der Waals surface area contributed by atoms with Crippen LogP contribution in [0.15, 0.2) is 42.6 Å². The molecule has 0 saturated carbocycles. The summed E-state index contributed by atoms with van der Waals surface area (Å²) in [5, 5.41) is 2.07. The first-order valence-electron chi connectivity index (χ1n) is 10.5. The van der Waals surface area contributed by atoms with Gasteiger partial charge in [0.2, 0.25) is 5.82 Å². The lowest BCUT2D eigenvalue weighted by atomic mass is 10.1. The number of anilines is 1. The summed E-state index contributed by atoms with van der Waals surface area (Å²) in [7, 11) is 0.